The number of aromatic nitrogens is 2. The topological polar surface area (TPSA) is 57.8 Å². The summed E-state index contributed by atoms with van der Waals surface area (Å²) in [6.45, 7) is 0.283. The zero-order chi connectivity index (χ0) is 12.3. The fraction of sp³-hybridized carbons (Fsp3) is 0.0909. The Kier molecular flexibility index (Phi) is 3.39. The molecule has 1 amide bonds. The van der Waals surface area contributed by atoms with Gasteiger partial charge in [0.15, 0.2) is 0 Å². The molecule has 1 aromatic heterocycles. The van der Waals surface area contributed by atoms with Crippen molar-refractivity contribution in [2.24, 2.45) is 0 Å². The third-order valence-corrected chi connectivity index (χ3v) is 2.58. The molecule has 0 aliphatic heterocycles. The zero-order valence-electron chi connectivity index (χ0n) is 8.71. The molecule has 2 aromatic rings. The van der Waals surface area contributed by atoms with E-state index in [0.717, 1.165) is 5.69 Å². The summed E-state index contributed by atoms with van der Waals surface area (Å²) >= 11 is 5.69. The number of amides is 1. The average molecular weight is 254 g/mol. The number of halogens is 2. The van der Waals surface area contributed by atoms with Crippen LogP contribution >= 0.6 is 11.6 Å². The molecule has 0 bridgehead atoms. The number of hydrogen-bond donors (Lipinski definition) is 2. The largest absolute Gasteiger partial charge is 0.346 e. The van der Waals surface area contributed by atoms with Crippen molar-refractivity contribution < 1.29 is 9.18 Å². The van der Waals surface area contributed by atoms with Gasteiger partial charge in [-0.2, -0.15) is 5.10 Å². The lowest BCUT2D eigenvalue weighted by Crippen LogP contribution is -2.23. The first-order chi connectivity index (χ1) is 8.18. The number of nitrogens with zero attached hydrogens (tertiary/aromatic N) is 1. The molecule has 1 heterocycles. The van der Waals surface area contributed by atoms with Crippen LogP contribution in [-0.2, 0) is 6.54 Å². The summed E-state index contributed by atoms with van der Waals surface area (Å²) in [6, 6.07) is 5.83. The monoisotopic (exact) mass is 253 g/mol. The zero-order valence-corrected chi connectivity index (χ0v) is 9.46. The number of carbonyl (C=O) groups excluding carboxylic acids is 1. The van der Waals surface area contributed by atoms with Crippen LogP contribution in [0.3, 0.4) is 0 Å². The molecule has 0 spiro atoms. The third-order valence-electron chi connectivity index (χ3n) is 2.19. The molecule has 6 heteroatoms. The molecule has 0 aliphatic carbocycles. The van der Waals surface area contributed by atoms with E-state index in [1.807, 2.05) is 0 Å². The summed E-state index contributed by atoms with van der Waals surface area (Å²) in [7, 11) is 0. The van der Waals surface area contributed by atoms with Crippen LogP contribution in [0.2, 0.25) is 5.02 Å². The Balaban J connectivity index is 2.07. The van der Waals surface area contributed by atoms with Gasteiger partial charge in [0.2, 0.25) is 0 Å². The fourth-order valence-corrected chi connectivity index (χ4v) is 1.54. The van der Waals surface area contributed by atoms with Crippen LogP contribution < -0.4 is 5.32 Å². The number of carbonyl (C=O) groups is 1. The van der Waals surface area contributed by atoms with Crippen molar-refractivity contribution >= 4 is 17.5 Å². The molecule has 0 aliphatic rings. The number of H-pyrrole nitrogens is 1. The van der Waals surface area contributed by atoms with Crippen LogP contribution in [-0.4, -0.2) is 16.1 Å². The lowest BCUT2D eigenvalue weighted by molar-refractivity contribution is 0.0950. The molecule has 0 atom stereocenters. The van der Waals surface area contributed by atoms with Gasteiger partial charge in [-0.3, -0.25) is 9.89 Å². The van der Waals surface area contributed by atoms with E-state index in [2.05, 4.69) is 15.5 Å². The second kappa shape index (κ2) is 4.97. The lowest BCUT2D eigenvalue weighted by atomic mass is 10.2. The van der Waals surface area contributed by atoms with E-state index in [9.17, 15) is 9.18 Å². The van der Waals surface area contributed by atoms with Crippen LogP contribution in [0, 0.1) is 5.82 Å². The Hall–Kier alpha value is -1.88. The normalized spacial score (nSPS) is 10.2. The van der Waals surface area contributed by atoms with Gasteiger partial charge in [0.1, 0.15) is 5.82 Å². The Morgan fingerprint density at radius 2 is 2.29 bits per heavy atom. The molecule has 2 rings (SSSR count). The Labute approximate surface area is 102 Å². The van der Waals surface area contributed by atoms with Gasteiger partial charge in [-0.15, -0.1) is 0 Å². The van der Waals surface area contributed by atoms with Crippen molar-refractivity contribution in [3.05, 3.63) is 52.6 Å². The van der Waals surface area contributed by atoms with Crippen LogP contribution in [0.15, 0.2) is 30.5 Å². The highest BCUT2D eigenvalue weighted by Gasteiger charge is 2.12. The van der Waals surface area contributed by atoms with Crippen LogP contribution in [0.4, 0.5) is 4.39 Å². The first-order valence-corrected chi connectivity index (χ1v) is 5.26. The van der Waals surface area contributed by atoms with Crippen molar-refractivity contribution in [2.75, 3.05) is 0 Å². The Morgan fingerprint density at radius 1 is 1.47 bits per heavy atom. The van der Waals surface area contributed by atoms with E-state index in [-0.39, 0.29) is 17.1 Å². The number of hydrogen-bond acceptors (Lipinski definition) is 2. The van der Waals surface area contributed by atoms with Crippen molar-refractivity contribution in [1.82, 2.24) is 15.5 Å². The maximum Gasteiger partial charge on any atom is 0.253 e. The second-order valence-electron chi connectivity index (χ2n) is 3.37. The Morgan fingerprint density at radius 3 is 3.00 bits per heavy atom. The fourth-order valence-electron chi connectivity index (χ4n) is 1.33. The molecule has 0 radical (unpaired) electrons. The maximum absolute atomic E-state index is 13.1. The van der Waals surface area contributed by atoms with Crippen molar-refractivity contribution in [3.63, 3.8) is 0 Å². The predicted molar refractivity (Wildman–Crippen MR) is 61.2 cm³/mol. The number of rotatable bonds is 3. The minimum Gasteiger partial charge on any atom is -0.346 e. The number of benzene rings is 1. The summed E-state index contributed by atoms with van der Waals surface area (Å²) < 4.78 is 13.1. The molecule has 17 heavy (non-hydrogen) atoms. The highest BCUT2D eigenvalue weighted by Crippen LogP contribution is 2.19. The highest BCUT2D eigenvalue weighted by atomic mass is 35.5. The van der Waals surface area contributed by atoms with E-state index in [4.69, 9.17) is 11.6 Å². The van der Waals surface area contributed by atoms with E-state index >= 15 is 0 Å². The van der Waals surface area contributed by atoms with Crippen molar-refractivity contribution in [1.29, 1.82) is 0 Å². The van der Waals surface area contributed by atoms with E-state index in [0.29, 0.717) is 0 Å². The van der Waals surface area contributed by atoms with E-state index < -0.39 is 11.7 Å². The van der Waals surface area contributed by atoms with Gasteiger partial charge in [-0.25, -0.2) is 4.39 Å². The molecule has 0 fully saturated rings. The minimum atomic E-state index is -0.610. The molecule has 1 aromatic carbocycles. The smallest absolute Gasteiger partial charge is 0.253 e. The Bertz CT molecular complexity index is 528. The van der Waals surface area contributed by atoms with E-state index in [1.54, 1.807) is 12.3 Å². The molecule has 88 valence electrons. The molecule has 4 nitrogen and oxygen atoms in total. The SMILES string of the molecule is O=C(NCc1ccn[nH]1)c1cccc(F)c1Cl. The minimum absolute atomic E-state index is 0.117. The van der Waals surface area contributed by atoms with Gasteiger partial charge >= 0.3 is 0 Å². The predicted octanol–water partition coefficient (Wildman–Crippen LogP) is 2.13. The molecule has 0 saturated heterocycles. The molecular weight excluding hydrogens is 245 g/mol. The van der Waals surface area contributed by atoms with Gasteiger partial charge in [0, 0.05) is 6.20 Å². The summed E-state index contributed by atoms with van der Waals surface area (Å²) in [6.07, 6.45) is 1.58. The van der Waals surface area contributed by atoms with E-state index in [1.165, 1.54) is 18.2 Å². The van der Waals surface area contributed by atoms with Crippen molar-refractivity contribution in [3.8, 4) is 0 Å². The molecule has 2 N–H and O–H groups in total. The van der Waals surface area contributed by atoms with Crippen LogP contribution in [0.1, 0.15) is 16.1 Å². The highest BCUT2D eigenvalue weighted by molar-refractivity contribution is 6.34. The summed E-state index contributed by atoms with van der Waals surface area (Å²) in [5, 5.41) is 8.88. The summed E-state index contributed by atoms with van der Waals surface area (Å²) in [5.41, 5.74) is 0.872. The quantitative estimate of drug-likeness (QED) is 0.880. The first kappa shape index (κ1) is 11.6. The van der Waals surface area contributed by atoms with Gasteiger partial charge in [-0.1, -0.05) is 17.7 Å². The standard InChI is InChI=1S/C11H9ClFN3O/c12-10-8(2-1-3-9(10)13)11(17)14-6-7-4-5-15-16-7/h1-5H,6H2,(H,14,17)(H,15,16). The second-order valence-corrected chi connectivity index (χ2v) is 3.74. The maximum atomic E-state index is 13.1. The molecular formula is C11H9ClFN3O. The van der Waals surface area contributed by atoms with Crippen LogP contribution in [0.25, 0.3) is 0 Å². The van der Waals surface area contributed by atoms with Crippen molar-refractivity contribution in [2.45, 2.75) is 6.54 Å². The number of nitrogens with one attached hydrogen (secondary N) is 2. The lowest BCUT2D eigenvalue weighted by Gasteiger charge is -2.05. The van der Waals surface area contributed by atoms with Gasteiger partial charge < -0.3 is 5.32 Å². The number of aromatic amines is 1. The summed E-state index contributed by atoms with van der Waals surface area (Å²) in [5.74, 6) is -1.04. The van der Waals surface area contributed by atoms with Crippen LogP contribution in [0.5, 0.6) is 0 Å². The first-order valence-electron chi connectivity index (χ1n) is 4.89. The molecule has 0 unspecified atom stereocenters. The van der Waals surface area contributed by atoms with Gasteiger partial charge in [0.25, 0.3) is 5.91 Å². The average Bonchev–Trinajstić information content (AvgIpc) is 2.82. The third kappa shape index (κ3) is 2.62. The summed E-state index contributed by atoms with van der Waals surface area (Å²) in [4.78, 5) is 11.7. The van der Waals surface area contributed by atoms with Gasteiger partial charge in [-0.05, 0) is 18.2 Å². The molecule has 0 saturated carbocycles. The van der Waals surface area contributed by atoms with Gasteiger partial charge in [0.05, 0.1) is 22.8 Å².